The van der Waals surface area contributed by atoms with Gasteiger partial charge in [-0.1, -0.05) is 19.8 Å². The summed E-state index contributed by atoms with van der Waals surface area (Å²) in [6, 6.07) is 0. The van der Waals surface area contributed by atoms with Crippen LogP contribution in [0.15, 0.2) is 18.7 Å². The van der Waals surface area contributed by atoms with Gasteiger partial charge in [-0.05, 0) is 25.5 Å². The number of aromatic nitrogens is 2. The standard InChI is InChI=1S/C13H22N2S2/c1-3-4-5-12-6-9-16-13(2,17-12)10-15-8-7-14-11-15/h7-8,11-12H,3-6,9-10H2,1-2H3. The molecular formula is C13H22N2S2. The Labute approximate surface area is 113 Å². The lowest BCUT2D eigenvalue weighted by Crippen LogP contribution is -2.30. The summed E-state index contributed by atoms with van der Waals surface area (Å²) in [5.74, 6) is 1.31. The van der Waals surface area contributed by atoms with Gasteiger partial charge in [0.1, 0.15) is 0 Å². The highest BCUT2D eigenvalue weighted by Crippen LogP contribution is 2.47. The Morgan fingerprint density at radius 3 is 3.12 bits per heavy atom. The summed E-state index contributed by atoms with van der Waals surface area (Å²) in [5, 5.41) is 0.865. The van der Waals surface area contributed by atoms with Crippen LogP contribution in [-0.4, -0.2) is 24.6 Å². The van der Waals surface area contributed by atoms with E-state index < -0.39 is 0 Å². The SMILES string of the molecule is CCCCC1CCSC(C)(Cn2ccnc2)S1. The lowest BCUT2D eigenvalue weighted by atomic mass is 10.2. The molecule has 1 aromatic heterocycles. The lowest BCUT2D eigenvalue weighted by molar-refractivity contribution is 0.625. The summed E-state index contributed by atoms with van der Waals surface area (Å²) >= 11 is 4.30. The van der Waals surface area contributed by atoms with E-state index >= 15 is 0 Å². The van der Waals surface area contributed by atoms with Crippen molar-refractivity contribution in [1.29, 1.82) is 0 Å². The summed E-state index contributed by atoms with van der Waals surface area (Å²) in [6.45, 7) is 5.75. The zero-order valence-corrected chi connectivity index (χ0v) is 12.4. The third-order valence-corrected chi connectivity index (χ3v) is 6.43. The summed E-state index contributed by atoms with van der Waals surface area (Å²) in [5.41, 5.74) is 0. The second-order valence-corrected chi connectivity index (χ2v) is 8.55. The fourth-order valence-electron chi connectivity index (χ4n) is 2.28. The Morgan fingerprint density at radius 2 is 2.41 bits per heavy atom. The molecule has 96 valence electrons. The van der Waals surface area contributed by atoms with Gasteiger partial charge in [0, 0.05) is 24.2 Å². The topological polar surface area (TPSA) is 17.8 Å². The summed E-state index contributed by atoms with van der Waals surface area (Å²) < 4.78 is 2.54. The molecule has 2 rings (SSSR count). The molecule has 1 aromatic rings. The normalized spacial score (nSPS) is 29.4. The van der Waals surface area contributed by atoms with Gasteiger partial charge in [-0.15, -0.1) is 23.5 Å². The van der Waals surface area contributed by atoms with Crippen LogP contribution in [0.5, 0.6) is 0 Å². The van der Waals surface area contributed by atoms with E-state index in [0.29, 0.717) is 4.08 Å². The van der Waals surface area contributed by atoms with Gasteiger partial charge in [0.25, 0.3) is 0 Å². The van der Waals surface area contributed by atoms with Gasteiger partial charge in [-0.3, -0.25) is 0 Å². The Balaban J connectivity index is 1.90. The Kier molecular flexibility index (Phi) is 4.86. The van der Waals surface area contributed by atoms with E-state index in [4.69, 9.17) is 0 Å². The van der Waals surface area contributed by atoms with E-state index in [2.05, 4.69) is 53.1 Å². The average molecular weight is 270 g/mol. The van der Waals surface area contributed by atoms with Gasteiger partial charge in [0.15, 0.2) is 0 Å². The predicted octanol–water partition coefficient (Wildman–Crippen LogP) is 4.03. The highest BCUT2D eigenvalue weighted by atomic mass is 32.2. The van der Waals surface area contributed by atoms with E-state index in [-0.39, 0.29) is 0 Å². The minimum Gasteiger partial charge on any atom is -0.335 e. The smallest absolute Gasteiger partial charge is 0.0946 e. The molecule has 1 saturated heterocycles. The molecular weight excluding hydrogens is 248 g/mol. The quantitative estimate of drug-likeness (QED) is 0.804. The van der Waals surface area contributed by atoms with Crippen molar-refractivity contribution in [3.8, 4) is 0 Å². The number of rotatable bonds is 5. The van der Waals surface area contributed by atoms with Gasteiger partial charge < -0.3 is 4.57 Å². The molecule has 0 spiro atoms. The number of thioether (sulfide) groups is 2. The largest absolute Gasteiger partial charge is 0.335 e. The third kappa shape index (κ3) is 3.95. The fraction of sp³-hybridized carbons (Fsp3) is 0.769. The van der Waals surface area contributed by atoms with Crippen molar-refractivity contribution in [2.24, 2.45) is 0 Å². The first kappa shape index (κ1) is 13.3. The number of nitrogens with zero attached hydrogens (tertiary/aromatic N) is 2. The maximum absolute atomic E-state index is 4.13. The highest BCUT2D eigenvalue weighted by molar-refractivity contribution is 8.19. The monoisotopic (exact) mass is 270 g/mol. The molecule has 2 nitrogen and oxygen atoms in total. The van der Waals surface area contributed by atoms with Crippen LogP contribution in [0.1, 0.15) is 39.5 Å². The van der Waals surface area contributed by atoms with Gasteiger partial charge in [0.2, 0.25) is 0 Å². The lowest BCUT2D eigenvalue weighted by Gasteiger charge is -2.37. The molecule has 0 aromatic carbocycles. The van der Waals surface area contributed by atoms with Crippen LogP contribution >= 0.6 is 23.5 Å². The van der Waals surface area contributed by atoms with Crippen molar-refractivity contribution in [1.82, 2.24) is 9.55 Å². The number of hydrogen-bond acceptors (Lipinski definition) is 3. The molecule has 0 amide bonds. The molecule has 17 heavy (non-hydrogen) atoms. The maximum atomic E-state index is 4.13. The third-order valence-electron chi connectivity index (χ3n) is 3.17. The first-order valence-electron chi connectivity index (χ1n) is 6.49. The molecule has 0 saturated carbocycles. The average Bonchev–Trinajstić information content (AvgIpc) is 2.78. The molecule has 1 aliphatic rings. The van der Waals surface area contributed by atoms with Crippen molar-refractivity contribution >= 4 is 23.5 Å². The predicted molar refractivity (Wildman–Crippen MR) is 78.6 cm³/mol. The van der Waals surface area contributed by atoms with Gasteiger partial charge in [-0.25, -0.2) is 4.98 Å². The molecule has 0 radical (unpaired) electrons. The Bertz CT molecular complexity index is 326. The van der Waals surface area contributed by atoms with Crippen LogP contribution in [-0.2, 0) is 6.54 Å². The number of hydrogen-bond donors (Lipinski definition) is 0. The van der Waals surface area contributed by atoms with Crippen molar-refractivity contribution < 1.29 is 0 Å². The highest BCUT2D eigenvalue weighted by Gasteiger charge is 2.33. The number of unbranched alkanes of at least 4 members (excludes halogenated alkanes) is 1. The molecule has 1 fully saturated rings. The maximum Gasteiger partial charge on any atom is 0.0946 e. The van der Waals surface area contributed by atoms with E-state index in [1.807, 2.05) is 12.5 Å². The van der Waals surface area contributed by atoms with Crippen LogP contribution in [0, 0.1) is 0 Å². The van der Waals surface area contributed by atoms with E-state index in [1.165, 1.54) is 31.4 Å². The molecule has 4 heteroatoms. The first-order chi connectivity index (χ1) is 8.22. The zero-order chi connectivity index (χ0) is 12.1. The second-order valence-electron chi connectivity index (χ2n) is 4.89. The van der Waals surface area contributed by atoms with Gasteiger partial charge in [0.05, 0.1) is 10.4 Å². The van der Waals surface area contributed by atoms with E-state index in [0.717, 1.165) is 11.8 Å². The van der Waals surface area contributed by atoms with Crippen molar-refractivity contribution in [2.75, 3.05) is 5.75 Å². The zero-order valence-electron chi connectivity index (χ0n) is 10.8. The van der Waals surface area contributed by atoms with Crippen LogP contribution in [0.25, 0.3) is 0 Å². The van der Waals surface area contributed by atoms with Gasteiger partial charge >= 0.3 is 0 Å². The summed E-state index contributed by atoms with van der Waals surface area (Å²) in [7, 11) is 0. The summed E-state index contributed by atoms with van der Waals surface area (Å²) in [6.07, 6.45) is 11.3. The first-order valence-corrected chi connectivity index (χ1v) is 8.36. The molecule has 2 atom stereocenters. The molecule has 1 aliphatic heterocycles. The fourth-order valence-corrected chi connectivity index (χ4v) is 5.88. The molecule has 0 bridgehead atoms. The molecule has 2 unspecified atom stereocenters. The molecule has 2 heterocycles. The van der Waals surface area contributed by atoms with Crippen molar-refractivity contribution in [3.05, 3.63) is 18.7 Å². The van der Waals surface area contributed by atoms with Crippen molar-refractivity contribution in [3.63, 3.8) is 0 Å². The van der Waals surface area contributed by atoms with Crippen LogP contribution in [0.2, 0.25) is 0 Å². The van der Waals surface area contributed by atoms with Gasteiger partial charge in [-0.2, -0.15) is 0 Å². The van der Waals surface area contributed by atoms with Crippen LogP contribution in [0.4, 0.5) is 0 Å². The van der Waals surface area contributed by atoms with Crippen LogP contribution in [0.3, 0.4) is 0 Å². The molecule has 0 aliphatic carbocycles. The van der Waals surface area contributed by atoms with Crippen LogP contribution < -0.4 is 0 Å². The summed E-state index contributed by atoms with van der Waals surface area (Å²) in [4.78, 5) is 4.13. The Morgan fingerprint density at radius 1 is 1.53 bits per heavy atom. The van der Waals surface area contributed by atoms with E-state index in [9.17, 15) is 0 Å². The minimum absolute atomic E-state index is 0.331. The van der Waals surface area contributed by atoms with Crippen molar-refractivity contribution in [2.45, 2.75) is 55.4 Å². The number of imidazole rings is 1. The Hall–Kier alpha value is -0.0900. The minimum atomic E-state index is 0.331. The molecule has 0 N–H and O–H groups in total. The second kappa shape index (κ2) is 6.19. The van der Waals surface area contributed by atoms with E-state index in [1.54, 1.807) is 0 Å².